The first-order valence-corrected chi connectivity index (χ1v) is 8.69. The molecule has 106 valence electrons. The zero-order valence-corrected chi connectivity index (χ0v) is 13.2. The molecule has 1 heterocycles. The Morgan fingerprint density at radius 3 is 2.79 bits per heavy atom. The first-order chi connectivity index (χ1) is 9.03. The molecule has 1 aromatic rings. The molecule has 1 fully saturated rings. The normalized spacial score (nSPS) is 16.1. The molecule has 1 saturated carbocycles. The lowest BCUT2D eigenvalue weighted by Crippen LogP contribution is -2.32. The highest BCUT2D eigenvalue weighted by Gasteiger charge is 2.24. The summed E-state index contributed by atoms with van der Waals surface area (Å²) in [6.45, 7) is 3.04. The van der Waals surface area contributed by atoms with Crippen LogP contribution in [0, 0.1) is 5.92 Å². The minimum atomic E-state index is -3.51. The van der Waals surface area contributed by atoms with Crippen molar-refractivity contribution in [2.45, 2.75) is 31.1 Å². The summed E-state index contributed by atoms with van der Waals surface area (Å²) in [7, 11) is -3.51. The number of halogens is 1. The molecule has 19 heavy (non-hydrogen) atoms. The molecular weight excluding hydrogens is 330 g/mol. The Hall–Kier alpha value is -0.660. The third kappa shape index (κ3) is 3.67. The van der Waals surface area contributed by atoms with Gasteiger partial charge in [-0.15, -0.1) is 0 Å². The maximum absolute atomic E-state index is 12.3. The van der Waals surface area contributed by atoms with Crippen LogP contribution in [0.25, 0.3) is 0 Å². The predicted molar refractivity (Wildman–Crippen MR) is 78.6 cm³/mol. The highest BCUT2D eigenvalue weighted by Crippen LogP contribution is 2.27. The van der Waals surface area contributed by atoms with E-state index in [1.165, 1.54) is 6.42 Å². The zero-order valence-electron chi connectivity index (χ0n) is 10.8. The van der Waals surface area contributed by atoms with Crippen molar-refractivity contribution in [1.82, 2.24) is 9.71 Å². The van der Waals surface area contributed by atoms with Gasteiger partial charge in [0.05, 0.1) is 0 Å². The minimum absolute atomic E-state index is 0.197. The number of sulfonamides is 1. The van der Waals surface area contributed by atoms with Gasteiger partial charge in [0.25, 0.3) is 0 Å². The summed E-state index contributed by atoms with van der Waals surface area (Å²) in [5.41, 5.74) is 0. The second kappa shape index (κ2) is 6.19. The molecule has 0 spiro atoms. The maximum atomic E-state index is 12.3. The molecule has 0 aliphatic heterocycles. The van der Waals surface area contributed by atoms with Gasteiger partial charge in [0.15, 0.2) is 0 Å². The molecule has 1 aromatic heterocycles. The van der Waals surface area contributed by atoms with Crippen LogP contribution in [-0.2, 0) is 10.0 Å². The third-order valence-corrected chi connectivity index (χ3v) is 5.11. The molecule has 0 bridgehead atoms. The van der Waals surface area contributed by atoms with Crippen LogP contribution in [0.2, 0.25) is 0 Å². The zero-order chi connectivity index (χ0) is 13.9. The van der Waals surface area contributed by atoms with E-state index < -0.39 is 10.0 Å². The second-order valence-electron chi connectivity index (χ2n) is 4.68. The fourth-order valence-electron chi connectivity index (χ4n) is 1.93. The van der Waals surface area contributed by atoms with E-state index >= 15 is 0 Å². The average molecular weight is 348 g/mol. The number of hydrogen-bond donors (Lipinski definition) is 2. The van der Waals surface area contributed by atoms with Crippen LogP contribution in [0.3, 0.4) is 0 Å². The summed E-state index contributed by atoms with van der Waals surface area (Å²) in [5, 5.41) is 2.97. The summed E-state index contributed by atoms with van der Waals surface area (Å²) in [5.74, 6) is 0.879. The number of anilines is 1. The summed E-state index contributed by atoms with van der Waals surface area (Å²) in [4.78, 5) is 4.32. The van der Waals surface area contributed by atoms with Gasteiger partial charge >= 0.3 is 0 Å². The molecule has 2 N–H and O–H groups in total. The summed E-state index contributed by atoms with van der Waals surface area (Å²) in [6.07, 6.45) is 5.01. The summed E-state index contributed by atoms with van der Waals surface area (Å²) < 4.78 is 28.0. The Kier molecular flexibility index (Phi) is 4.81. The van der Waals surface area contributed by atoms with Gasteiger partial charge in [-0.05, 0) is 47.7 Å². The van der Waals surface area contributed by atoms with E-state index in [0.29, 0.717) is 29.3 Å². The van der Waals surface area contributed by atoms with E-state index in [4.69, 9.17) is 0 Å². The maximum Gasteiger partial charge on any atom is 0.244 e. The lowest BCUT2D eigenvalue weighted by atomic mass is 9.86. The second-order valence-corrected chi connectivity index (χ2v) is 7.33. The number of pyridine rings is 1. The quantitative estimate of drug-likeness (QED) is 0.828. The van der Waals surface area contributed by atoms with Crippen molar-refractivity contribution >= 4 is 31.8 Å². The molecule has 7 heteroatoms. The number of hydrogen-bond acceptors (Lipinski definition) is 4. The van der Waals surface area contributed by atoms with E-state index in [1.54, 1.807) is 12.3 Å². The number of nitrogens with one attached hydrogen (secondary N) is 2. The van der Waals surface area contributed by atoms with Crippen molar-refractivity contribution in [3.05, 3.63) is 16.7 Å². The Bertz CT molecular complexity index is 544. The van der Waals surface area contributed by atoms with Crippen LogP contribution in [0.4, 0.5) is 5.82 Å². The first-order valence-electron chi connectivity index (χ1n) is 6.42. The van der Waals surface area contributed by atoms with Crippen molar-refractivity contribution < 1.29 is 8.42 Å². The van der Waals surface area contributed by atoms with Crippen molar-refractivity contribution in [1.29, 1.82) is 0 Å². The van der Waals surface area contributed by atoms with E-state index in [9.17, 15) is 8.42 Å². The van der Waals surface area contributed by atoms with Crippen molar-refractivity contribution in [2.75, 3.05) is 18.4 Å². The van der Waals surface area contributed by atoms with Crippen molar-refractivity contribution in [3.63, 3.8) is 0 Å². The van der Waals surface area contributed by atoms with Gasteiger partial charge in [0.2, 0.25) is 10.0 Å². The van der Waals surface area contributed by atoms with Gasteiger partial charge in [0.1, 0.15) is 10.7 Å². The Morgan fingerprint density at radius 1 is 1.47 bits per heavy atom. The Morgan fingerprint density at radius 2 is 2.21 bits per heavy atom. The van der Waals surface area contributed by atoms with Crippen LogP contribution < -0.4 is 10.0 Å². The molecule has 2 rings (SSSR count). The Labute approximate surface area is 122 Å². The molecule has 0 unspecified atom stereocenters. The standard InChI is InChI=1S/C12H18BrN3O2S/c1-2-14-12-11(6-10(13)8-15-12)19(17,18)16-7-9-4-3-5-9/h6,8-9,16H,2-5,7H2,1H3,(H,14,15). The van der Waals surface area contributed by atoms with Gasteiger partial charge in [-0.2, -0.15) is 0 Å². The monoisotopic (exact) mass is 347 g/mol. The molecule has 0 amide bonds. The first kappa shape index (κ1) is 14.7. The lowest BCUT2D eigenvalue weighted by Gasteiger charge is -2.25. The molecule has 1 aliphatic carbocycles. The largest absolute Gasteiger partial charge is 0.369 e. The van der Waals surface area contributed by atoms with E-state index in [1.807, 2.05) is 6.92 Å². The number of aromatic nitrogens is 1. The van der Waals surface area contributed by atoms with E-state index in [0.717, 1.165) is 12.8 Å². The van der Waals surface area contributed by atoms with E-state index in [-0.39, 0.29) is 4.90 Å². The van der Waals surface area contributed by atoms with Crippen LogP contribution >= 0.6 is 15.9 Å². The average Bonchev–Trinajstić information content (AvgIpc) is 2.29. The molecule has 0 radical (unpaired) electrons. The van der Waals surface area contributed by atoms with Crippen LogP contribution in [0.5, 0.6) is 0 Å². The molecule has 5 nitrogen and oxygen atoms in total. The van der Waals surface area contributed by atoms with Gasteiger partial charge in [0, 0.05) is 23.8 Å². The predicted octanol–water partition coefficient (Wildman–Crippen LogP) is 2.35. The molecule has 1 aliphatic rings. The topological polar surface area (TPSA) is 71.1 Å². The highest BCUT2D eigenvalue weighted by molar-refractivity contribution is 9.10. The number of nitrogens with zero attached hydrogens (tertiary/aromatic N) is 1. The fraction of sp³-hybridized carbons (Fsp3) is 0.583. The smallest absolute Gasteiger partial charge is 0.244 e. The molecule has 0 saturated heterocycles. The fourth-order valence-corrected chi connectivity index (χ4v) is 3.68. The van der Waals surface area contributed by atoms with Crippen molar-refractivity contribution in [2.24, 2.45) is 5.92 Å². The Balaban J connectivity index is 2.19. The molecule has 0 aromatic carbocycles. The van der Waals surface area contributed by atoms with Crippen LogP contribution in [0.1, 0.15) is 26.2 Å². The highest BCUT2D eigenvalue weighted by atomic mass is 79.9. The van der Waals surface area contributed by atoms with Crippen LogP contribution in [0.15, 0.2) is 21.6 Å². The number of rotatable bonds is 6. The van der Waals surface area contributed by atoms with Gasteiger partial charge in [-0.25, -0.2) is 18.1 Å². The summed E-state index contributed by atoms with van der Waals surface area (Å²) in [6, 6.07) is 1.58. The van der Waals surface area contributed by atoms with Crippen LogP contribution in [-0.4, -0.2) is 26.5 Å². The van der Waals surface area contributed by atoms with E-state index in [2.05, 4.69) is 31.0 Å². The molecule has 0 atom stereocenters. The molecular formula is C12H18BrN3O2S. The summed E-state index contributed by atoms with van der Waals surface area (Å²) >= 11 is 3.26. The lowest BCUT2D eigenvalue weighted by molar-refractivity contribution is 0.316. The third-order valence-electron chi connectivity index (χ3n) is 3.24. The van der Waals surface area contributed by atoms with Gasteiger partial charge in [-0.3, -0.25) is 0 Å². The SMILES string of the molecule is CCNc1ncc(Br)cc1S(=O)(=O)NCC1CCC1. The van der Waals surface area contributed by atoms with Gasteiger partial charge < -0.3 is 5.32 Å². The minimum Gasteiger partial charge on any atom is -0.369 e. The van der Waals surface area contributed by atoms with Gasteiger partial charge in [-0.1, -0.05) is 6.42 Å². The van der Waals surface area contributed by atoms with Crippen molar-refractivity contribution in [3.8, 4) is 0 Å².